The first-order valence-electron chi connectivity index (χ1n) is 6.13. The standard InChI is InChI=1S/C14H18BNO2/c1-13(2)14(3,4)18-15(17-13)12-8-6-11(7-9-12)10-16-5/h6-9H,10H2,1-4H3. The van der Waals surface area contributed by atoms with Crippen LogP contribution in [0.15, 0.2) is 24.3 Å². The Labute approximate surface area is 109 Å². The molecule has 1 saturated heterocycles. The van der Waals surface area contributed by atoms with Crippen LogP contribution in [0.25, 0.3) is 4.85 Å². The molecule has 0 unspecified atom stereocenters. The Morgan fingerprint density at radius 1 is 1.06 bits per heavy atom. The van der Waals surface area contributed by atoms with E-state index >= 15 is 0 Å². The van der Waals surface area contributed by atoms with Gasteiger partial charge in [-0.3, -0.25) is 0 Å². The molecule has 0 aromatic heterocycles. The second-order valence-electron chi connectivity index (χ2n) is 5.65. The van der Waals surface area contributed by atoms with Crippen molar-refractivity contribution in [2.75, 3.05) is 0 Å². The SMILES string of the molecule is [C-]#[N+]Cc1ccc(B2OC(C)(C)C(C)(C)O2)cc1. The van der Waals surface area contributed by atoms with Crippen molar-refractivity contribution in [1.82, 2.24) is 0 Å². The summed E-state index contributed by atoms with van der Waals surface area (Å²) in [5, 5.41) is 0. The Hall–Kier alpha value is -1.31. The molecule has 0 bridgehead atoms. The highest BCUT2D eigenvalue weighted by Gasteiger charge is 2.51. The molecular formula is C14H18BNO2. The molecule has 0 N–H and O–H groups in total. The van der Waals surface area contributed by atoms with E-state index in [0.29, 0.717) is 6.54 Å². The molecule has 0 saturated carbocycles. The second-order valence-corrected chi connectivity index (χ2v) is 5.65. The topological polar surface area (TPSA) is 22.8 Å². The molecule has 1 aliphatic heterocycles. The lowest BCUT2D eigenvalue weighted by Gasteiger charge is -2.32. The lowest BCUT2D eigenvalue weighted by molar-refractivity contribution is 0.00578. The first-order chi connectivity index (χ1) is 8.36. The minimum absolute atomic E-state index is 0.313. The zero-order valence-electron chi connectivity index (χ0n) is 11.4. The van der Waals surface area contributed by atoms with Crippen molar-refractivity contribution < 1.29 is 9.31 Å². The molecule has 0 spiro atoms. The molecule has 94 valence electrons. The molecule has 0 atom stereocenters. The van der Waals surface area contributed by atoms with Crippen LogP contribution in [-0.2, 0) is 15.9 Å². The van der Waals surface area contributed by atoms with Crippen LogP contribution in [0.5, 0.6) is 0 Å². The van der Waals surface area contributed by atoms with Crippen LogP contribution in [0.4, 0.5) is 0 Å². The minimum Gasteiger partial charge on any atom is -0.399 e. The van der Waals surface area contributed by atoms with Gasteiger partial charge in [-0.2, -0.15) is 0 Å². The monoisotopic (exact) mass is 243 g/mol. The predicted molar refractivity (Wildman–Crippen MR) is 72.5 cm³/mol. The minimum atomic E-state index is -0.322. The van der Waals surface area contributed by atoms with E-state index in [0.717, 1.165) is 11.0 Å². The Morgan fingerprint density at radius 3 is 2.00 bits per heavy atom. The van der Waals surface area contributed by atoms with Gasteiger partial charge in [0.2, 0.25) is 6.54 Å². The highest BCUT2D eigenvalue weighted by Crippen LogP contribution is 2.36. The molecule has 1 aromatic carbocycles. The van der Waals surface area contributed by atoms with Gasteiger partial charge in [-0.25, -0.2) is 6.57 Å². The molecule has 1 heterocycles. The van der Waals surface area contributed by atoms with Crippen molar-refractivity contribution >= 4 is 12.6 Å². The highest BCUT2D eigenvalue weighted by atomic mass is 16.7. The van der Waals surface area contributed by atoms with Crippen LogP contribution in [0.3, 0.4) is 0 Å². The zero-order valence-corrected chi connectivity index (χ0v) is 11.4. The van der Waals surface area contributed by atoms with Crippen LogP contribution < -0.4 is 5.46 Å². The zero-order chi connectivity index (χ0) is 13.4. The Balaban J connectivity index is 2.17. The van der Waals surface area contributed by atoms with Crippen molar-refractivity contribution in [2.45, 2.75) is 45.4 Å². The summed E-state index contributed by atoms with van der Waals surface area (Å²) in [5.41, 5.74) is 1.40. The molecule has 0 aliphatic carbocycles. The van der Waals surface area contributed by atoms with Gasteiger partial charge < -0.3 is 14.2 Å². The average molecular weight is 243 g/mol. The first kappa shape index (κ1) is 13.1. The summed E-state index contributed by atoms with van der Waals surface area (Å²) in [6, 6.07) is 7.86. The summed E-state index contributed by atoms with van der Waals surface area (Å²) >= 11 is 0. The molecule has 0 radical (unpaired) electrons. The molecule has 4 heteroatoms. The Bertz CT molecular complexity index is 458. The molecule has 1 fully saturated rings. The molecule has 1 aliphatic rings. The van der Waals surface area contributed by atoms with E-state index in [9.17, 15) is 0 Å². The number of rotatable bonds is 2. The van der Waals surface area contributed by atoms with Gasteiger partial charge in [-0.15, -0.1) is 0 Å². The summed E-state index contributed by atoms with van der Waals surface area (Å²) in [7, 11) is -0.322. The second kappa shape index (κ2) is 4.42. The molecular weight excluding hydrogens is 225 g/mol. The first-order valence-corrected chi connectivity index (χ1v) is 6.13. The van der Waals surface area contributed by atoms with Crippen LogP contribution in [-0.4, -0.2) is 18.3 Å². The maximum Gasteiger partial charge on any atom is 0.494 e. The van der Waals surface area contributed by atoms with Crippen molar-refractivity contribution in [2.24, 2.45) is 0 Å². The van der Waals surface area contributed by atoms with Gasteiger partial charge in [0.1, 0.15) is 0 Å². The van der Waals surface area contributed by atoms with E-state index in [1.807, 2.05) is 52.0 Å². The number of nitrogens with zero attached hydrogens (tertiary/aromatic N) is 1. The van der Waals surface area contributed by atoms with Crippen LogP contribution in [0.1, 0.15) is 33.3 Å². The van der Waals surface area contributed by atoms with E-state index in [2.05, 4.69) is 4.85 Å². The lowest BCUT2D eigenvalue weighted by Crippen LogP contribution is -2.41. The molecule has 18 heavy (non-hydrogen) atoms. The van der Waals surface area contributed by atoms with Crippen molar-refractivity contribution in [1.29, 1.82) is 0 Å². The van der Waals surface area contributed by atoms with Gasteiger partial charge in [0.15, 0.2) is 0 Å². The maximum absolute atomic E-state index is 6.84. The number of hydrogen-bond acceptors (Lipinski definition) is 2. The van der Waals surface area contributed by atoms with Crippen molar-refractivity contribution in [3.63, 3.8) is 0 Å². The van der Waals surface area contributed by atoms with Gasteiger partial charge in [-0.05, 0) is 33.2 Å². The fourth-order valence-corrected chi connectivity index (χ4v) is 1.85. The number of benzene rings is 1. The largest absolute Gasteiger partial charge is 0.494 e. The van der Waals surface area contributed by atoms with Crippen LogP contribution in [0, 0.1) is 6.57 Å². The van der Waals surface area contributed by atoms with Crippen molar-refractivity contribution in [3.05, 3.63) is 41.2 Å². The fourth-order valence-electron chi connectivity index (χ4n) is 1.85. The number of hydrogen-bond donors (Lipinski definition) is 0. The lowest BCUT2D eigenvalue weighted by atomic mass is 9.79. The molecule has 2 rings (SSSR count). The third kappa shape index (κ3) is 2.29. The van der Waals surface area contributed by atoms with Gasteiger partial charge in [0, 0.05) is 5.56 Å². The smallest absolute Gasteiger partial charge is 0.399 e. The maximum atomic E-state index is 6.84. The Morgan fingerprint density at radius 2 is 1.56 bits per heavy atom. The van der Waals surface area contributed by atoms with Gasteiger partial charge in [0.05, 0.1) is 11.2 Å². The van der Waals surface area contributed by atoms with E-state index in [4.69, 9.17) is 15.9 Å². The quantitative estimate of drug-likeness (QED) is 0.588. The third-order valence-corrected chi connectivity index (χ3v) is 3.77. The highest BCUT2D eigenvalue weighted by molar-refractivity contribution is 6.62. The van der Waals surface area contributed by atoms with Gasteiger partial charge in [-0.1, -0.05) is 24.3 Å². The molecule has 0 amide bonds. The summed E-state index contributed by atoms with van der Waals surface area (Å²) in [6.45, 7) is 15.4. The predicted octanol–water partition coefficient (Wildman–Crippen LogP) is 2.41. The molecule has 1 aromatic rings. The third-order valence-electron chi connectivity index (χ3n) is 3.77. The summed E-state index contributed by atoms with van der Waals surface area (Å²) in [6.07, 6.45) is 0. The van der Waals surface area contributed by atoms with E-state index < -0.39 is 0 Å². The summed E-state index contributed by atoms with van der Waals surface area (Å²) < 4.78 is 11.9. The normalized spacial score (nSPS) is 20.7. The average Bonchev–Trinajstić information content (AvgIpc) is 2.50. The Kier molecular flexibility index (Phi) is 3.22. The van der Waals surface area contributed by atoms with E-state index in [1.165, 1.54) is 0 Å². The van der Waals surface area contributed by atoms with E-state index in [-0.39, 0.29) is 18.3 Å². The van der Waals surface area contributed by atoms with Gasteiger partial charge in [0.25, 0.3) is 0 Å². The fraction of sp³-hybridized carbons (Fsp3) is 0.500. The summed E-state index contributed by atoms with van der Waals surface area (Å²) in [5.74, 6) is 0. The molecule has 3 nitrogen and oxygen atoms in total. The summed E-state index contributed by atoms with van der Waals surface area (Å²) in [4.78, 5) is 3.37. The van der Waals surface area contributed by atoms with Crippen molar-refractivity contribution in [3.8, 4) is 0 Å². The van der Waals surface area contributed by atoms with Gasteiger partial charge >= 0.3 is 7.12 Å². The van der Waals surface area contributed by atoms with E-state index in [1.54, 1.807) is 0 Å². The van der Waals surface area contributed by atoms with Crippen LogP contribution in [0.2, 0.25) is 0 Å². The van der Waals surface area contributed by atoms with Crippen LogP contribution >= 0.6 is 0 Å².